The highest BCUT2D eigenvalue weighted by Gasteiger charge is 2.21. The molecule has 12 aromatic rings. The summed E-state index contributed by atoms with van der Waals surface area (Å²) in [7, 11) is 0. The van der Waals surface area contributed by atoms with E-state index in [1.165, 1.54) is 0 Å². The molecule has 0 bridgehead atoms. The van der Waals surface area contributed by atoms with Crippen molar-refractivity contribution in [3.8, 4) is 51.0 Å². The first-order valence-electron chi connectivity index (χ1n) is 19.0. The largest absolute Gasteiger partial charge is 0.456 e. The van der Waals surface area contributed by atoms with E-state index in [1.807, 2.05) is 48.5 Å². The molecule has 6 heteroatoms. The molecular formula is C51H30N4O2. The number of hydrogen-bond donors (Lipinski definition) is 0. The lowest BCUT2D eigenvalue weighted by molar-refractivity contribution is 0.668. The number of para-hydroxylation sites is 3. The Bertz CT molecular complexity index is 3490. The minimum Gasteiger partial charge on any atom is -0.456 e. The average Bonchev–Trinajstić information content (AvgIpc) is 3.96. The van der Waals surface area contributed by atoms with Gasteiger partial charge < -0.3 is 8.83 Å². The van der Waals surface area contributed by atoms with Gasteiger partial charge in [-0.3, -0.25) is 4.57 Å². The van der Waals surface area contributed by atoms with Gasteiger partial charge in [0.25, 0.3) is 0 Å². The summed E-state index contributed by atoms with van der Waals surface area (Å²) >= 11 is 0. The molecule has 0 atom stereocenters. The first kappa shape index (κ1) is 31.5. The molecule has 4 aromatic heterocycles. The van der Waals surface area contributed by atoms with Gasteiger partial charge in [0.15, 0.2) is 11.6 Å². The molecule has 0 spiro atoms. The van der Waals surface area contributed by atoms with Crippen molar-refractivity contribution in [2.24, 2.45) is 0 Å². The van der Waals surface area contributed by atoms with Crippen molar-refractivity contribution in [2.75, 3.05) is 0 Å². The van der Waals surface area contributed by atoms with Gasteiger partial charge in [-0.15, -0.1) is 0 Å². The summed E-state index contributed by atoms with van der Waals surface area (Å²) in [4.78, 5) is 15.5. The van der Waals surface area contributed by atoms with E-state index in [4.69, 9.17) is 23.8 Å². The van der Waals surface area contributed by atoms with Crippen LogP contribution in [0.15, 0.2) is 191 Å². The summed E-state index contributed by atoms with van der Waals surface area (Å²) < 4.78 is 15.1. The topological polar surface area (TPSA) is 69.9 Å². The molecule has 0 aliphatic rings. The van der Waals surface area contributed by atoms with Gasteiger partial charge >= 0.3 is 0 Å². The van der Waals surface area contributed by atoms with E-state index < -0.39 is 0 Å². The molecule has 0 aliphatic carbocycles. The van der Waals surface area contributed by atoms with Gasteiger partial charge in [0.1, 0.15) is 22.3 Å². The number of nitrogens with zero attached hydrogens (tertiary/aromatic N) is 4. The van der Waals surface area contributed by atoms with Crippen LogP contribution in [0, 0.1) is 0 Å². The number of fused-ring (bicyclic) bond motifs is 9. The van der Waals surface area contributed by atoms with E-state index in [2.05, 4.69) is 138 Å². The molecule has 0 unspecified atom stereocenters. The summed E-state index contributed by atoms with van der Waals surface area (Å²) in [6, 6.07) is 62.6. The predicted octanol–water partition coefficient (Wildman–Crippen LogP) is 13.4. The van der Waals surface area contributed by atoms with Crippen molar-refractivity contribution in [3.05, 3.63) is 182 Å². The zero-order valence-corrected chi connectivity index (χ0v) is 30.4. The third-order valence-electron chi connectivity index (χ3n) is 11.1. The van der Waals surface area contributed by atoms with Crippen LogP contribution < -0.4 is 0 Å². The quantitative estimate of drug-likeness (QED) is 0.176. The Morgan fingerprint density at radius 2 is 0.807 bits per heavy atom. The molecule has 8 aromatic carbocycles. The maximum atomic E-state index is 6.61. The fraction of sp³-hybridized carbons (Fsp3) is 0. The number of benzene rings is 8. The van der Waals surface area contributed by atoms with Crippen LogP contribution in [0.2, 0.25) is 0 Å². The molecular weight excluding hydrogens is 701 g/mol. The summed E-state index contributed by atoms with van der Waals surface area (Å²) in [6.07, 6.45) is 0. The van der Waals surface area contributed by atoms with Crippen LogP contribution in [0.5, 0.6) is 0 Å². The monoisotopic (exact) mass is 730 g/mol. The smallest absolute Gasteiger partial charge is 0.238 e. The predicted molar refractivity (Wildman–Crippen MR) is 230 cm³/mol. The summed E-state index contributed by atoms with van der Waals surface area (Å²) in [5.74, 6) is 1.76. The average molecular weight is 731 g/mol. The van der Waals surface area contributed by atoms with Gasteiger partial charge in [-0.25, -0.2) is 4.98 Å². The maximum absolute atomic E-state index is 6.61. The molecule has 266 valence electrons. The molecule has 0 saturated heterocycles. The standard InChI is InChI=1S/C51H30N4O2/c1-2-14-31(15-3-1)49-52-50(54-51(53-49)55-40-24-7-4-18-35(40)36-19-5-8-25-41(36)55)33-17-10-16-32(30-33)34-21-11-28-44-47(34)48-38(23-13-29-45(48)57-44)37-22-12-27-43-46(37)39-20-6-9-26-42(39)56-43/h1-30H. The third-order valence-corrected chi connectivity index (χ3v) is 11.1. The molecule has 0 amide bonds. The highest BCUT2D eigenvalue weighted by molar-refractivity contribution is 6.22. The fourth-order valence-electron chi connectivity index (χ4n) is 8.60. The maximum Gasteiger partial charge on any atom is 0.238 e. The molecule has 0 N–H and O–H groups in total. The van der Waals surface area contributed by atoms with Gasteiger partial charge in [-0.2, -0.15) is 9.97 Å². The fourth-order valence-corrected chi connectivity index (χ4v) is 8.60. The Balaban J connectivity index is 1.07. The molecule has 0 radical (unpaired) electrons. The molecule has 4 heterocycles. The molecule has 0 aliphatic heterocycles. The zero-order chi connectivity index (χ0) is 37.5. The minimum atomic E-state index is 0.565. The highest BCUT2D eigenvalue weighted by atomic mass is 16.3. The Labute approximate surface area is 325 Å². The van der Waals surface area contributed by atoms with Crippen LogP contribution in [-0.4, -0.2) is 19.5 Å². The Morgan fingerprint density at radius 1 is 0.333 bits per heavy atom. The summed E-state index contributed by atoms with van der Waals surface area (Å²) in [6.45, 7) is 0. The van der Waals surface area contributed by atoms with E-state index in [0.717, 1.165) is 99.1 Å². The van der Waals surface area contributed by atoms with Crippen molar-refractivity contribution in [2.45, 2.75) is 0 Å². The number of hydrogen-bond acceptors (Lipinski definition) is 5. The minimum absolute atomic E-state index is 0.565. The van der Waals surface area contributed by atoms with Crippen LogP contribution in [0.4, 0.5) is 0 Å². The highest BCUT2D eigenvalue weighted by Crippen LogP contribution is 2.45. The van der Waals surface area contributed by atoms with Crippen LogP contribution in [0.25, 0.3) is 117 Å². The number of furan rings is 2. The van der Waals surface area contributed by atoms with Gasteiger partial charge in [0.05, 0.1) is 11.0 Å². The number of aromatic nitrogens is 4. The molecule has 6 nitrogen and oxygen atoms in total. The van der Waals surface area contributed by atoms with Gasteiger partial charge in [0, 0.05) is 43.4 Å². The van der Waals surface area contributed by atoms with E-state index in [0.29, 0.717) is 17.6 Å². The first-order chi connectivity index (χ1) is 28.3. The van der Waals surface area contributed by atoms with Crippen molar-refractivity contribution in [1.82, 2.24) is 19.5 Å². The molecule has 0 fully saturated rings. The molecule has 57 heavy (non-hydrogen) atoms. The second-order valence-electron chi connectivity index (χ2n) is 14.3. The second kappa shape index (κ2) is 12.3. The number of rotatable bonds is 5. The van der Waals surface area contributed by atoms with Crippen LogP contribution in [0.1, 0.15) is 0 Å². The van der Waals surface area contributed by atoms with Gasteiger partial charge in [-0.1, -0.05) is 140 Å². The lowest BCUT2D eigenvalue weighted by Gasteiger charge is -2.12. The van der Waals surface area contributed by atoms with E-state index in [9.17, 15) is 0 Å². The van der Waals surface area contributed by atoms with E-state index in [-0.39, 0.29) is 0 Å². The normalized spacial score (nSPS) is 11.9. The first-order valence-corrected chi connectivity index (χ1v) is 19.0. The third kappa shape index (κ3) is 4.87. The lowest BCUT2D eigenvalue weighted by Crippen LogP contribution is -2.06. The van der Waals surface area contributed by atoms with Gasteiger partial charge in [-0.05, 0) is 64.7 Å². The SMILES string of the molecule is c1ccc(-c2nc(-c3cccc(-c4cccc5oc6cccc(-c7cccc8oc9ccccc9c78)c6c45)c3)nc(-n3c4ccccc4c4ccccc43)n2)cc1. The Kier molecular flexibility index (Phi) is 6.83. The molecule has 0 saturated carbocycles. The van der Waals surface area contributed by atoms with Crippen molar-refractivity contribution < 1.29 is 8.83 Å². The van der Waals surface area contributed by atoms with Gasteiger partial charge in [0.2, 0.25) is 5.95 Å². The van der Waals surface area contributed by atoms with E-state index >= 15 is 0 Å². The lowest BCUT2D eigenvalue weighted by atomic mass is 9.92. The second-order valence-corrected chi connectivity index (χ2v) is 14.3. The van der Waals surface area contributed by atoms with E-state index in [1.54, 1.807) is 0 Å². The summed E-state index contributed by atoms with van der Waals surface area (Å²) in [5, 5.41) is 6.60. The van der Waals surface area contributed by atoms with Crippen molar-refractivity contribution in [1.29, 1.82) is 0 Å². The van der Waals surface area contributed by atoms with Crippen LogP contribution >= 0.6 is 0 Å². The summed E-state index contributed by atoms with van der Waals surface area (Å²) in [5.41, 5.74) is 11.5. The van der Waals surface area contributed by atoms with Crippen LogP contribution in [-0.2, 0) is 0 Å². The molecule has 12 rings (SSSR count). The van der Waals surface area contributed by atoms with Crippen molar-refractivity contribution in [3.63, 3.8) is 0 Å². The van der Waals surface area contributed by atoms with Crippen molar-refractivity contribution >= 4 is 65.7 Å². The Hall–Kier alpha value is -7.83. The zero-order valence-electron chi connectivity index (χ0n) is 30.4. The Morgan fingerprint density at radius 3 is 1.53 bits per heavy atom. The van der Waals surface area contributed by atoms with Crippen LogP contribution in [0.3, 0.4) is 0 Å².